The van der Waals surface area contributed by atoms with Gasteiger partial charge >= 0.3 is 0 Å². The molecule has 0 bridgehead atoms. The second kappa shape index (κ2) is 23.5. The van der Waals surface area contributed by atoms with Crippen LogP contribution in [-0.2, 0) is 0 Å². The highest BCUT2D eigenvalue weighted by Crippen LogP contribution is 2.09. The maximum absolute atomic E-state index is 2.30. The Morgan fingerprint density at radius 3 is 0.925 bits per heavy atom. The quantitative estimate of drug-likeness (QED) is 0.136. The summed E-state index contributed by atoms with van der Waals surface area (Å²) in [6, 6.07) is 0. The van der Waals surface area contributed by atoms with Gasteiger partial charge in [-0.15, -0.1) is 0 Å². The summed E-state index contributed by atoms with van der Waals surface area (Å²) in [5.74, 6) is 0. The largest absolute Gasteiger partial charge is 0.0856 e. The van der Waals surface area contributed by atoms with Gasteiger partial charge in [-0.25, -0.2) is 0 Å². The third kappa shape index (κ3) is 24.9. The Kier molecular flexibility index (Phi) is 21.5. The van der Waals surface area contributed by atoms with Crippen LogP contribution in [0.25, 0.3) is 0 Å². The molecule has 0 saturated heterocycles. The van der Waals surface area contributed by atoms with Crippen molar-refractivity contribution >= 4 is 0 Å². The van der Waals surface area contributed by atoms with Gasteiger partial charge in [-0.3, -0.25) is 0 Å². The van der Waals surface area contributed by atoms with Gasteiger partial charge in [0.15, 0.2) is 0 Å². The van der Waals surface area contributed by atoms with Gasteiger partial charge in [0.2, 0.25) is 0 Å². The fourth-order valence-electron chi connectivity index (χ4n) is 3.41. The average molecular weight is 537 g/mol. The van der Waals surface area contributed by atoms with Gasteiger partial charge in [0, 0.05) is 0 Å². The molecule has 40 heavy (non-hydrogen) atoms. The van der Waals surface area contributed by atoms with E-state index in [2.05, 4.69) is 179 Å². The summed E-state index contributed by atoms with van der Waals surface area (Å²) < 4.78 is 0. The van der Waals surface area contributed by atoms with Crippen molar-refractivity contribution in [3.05, 3.63) is 154 Å². The molecule has 0 aromatic carbocycles. The number of hydrogen-bond acceptors (Lipinski definition) is 0. The van der Waals surface area contributed by atoms with Gasteiger partial charge in [0.25, 0.3) is 0 Å². The van der Waals surface area contributed by atoms with E-state index in [0.717, 1.165) is 25.7 Å². The van der Waals surface area contributed by atoms with Crippen LogP contribution in [0.5, 0.6) is 0 Å². The van der Waals surface area contributed by atoms with Crippen LogP contribution in [-0.4, -0.2) is 0 Å². The van der Waals surface area contributed by atoms with Crippen LogP contribution < -0.4 is 0 Å². The first-order chi connectivity index (χ1) is 19.0. The molecule has 0 aliphatic rings. The molecule has 0 nitrogen and oxygen atoms in total. The molecule has 0 spiro atoms. The van der Waals surface area contributed by atoms with Crippen molar-refractivity contribution in [1.29, 1.82) is 0 Å². The van der Waals surface area contributed by atoms with Crippen LogP contribution >= 0.6 is 0 Å². The highest BCUT2D eigenvalue weighted by Gasteiger charge is 1.88. The van der Waals surface area contributed by atoms with Gasteiger partial charge in [0.05, 0.1) is 0 Å². The molecule has 0 amide bonds. The second-order valence-electron chi connectivity index (χ2n) is 11.1. The van der Waals surface area contributed by atoms with E-state index in [1.54, 1.807) is 0 Å². The molecule has 0 N–H and O–H groups in total. The lowest BCUT2D eigenvalue weighted by Crippen LogP contribution is -1.76. The van der Waals surface area contributed by atoms with E-state index >= 15 is 0 Å². The zero-order chi connectivity index (χ0) is 30.2. The molecule has 0 saturated carbocycles. The lowest BCUT2D eigenvalue weighted by Gasteiger charge is -1.96. The lowest BCUT2D eigenvalue weighted by molar-refractivity contribution is 0.967. The summed E-state index contributed by atoms with van der Waals surface area (Å²) in [6.45, 7) is 21.5. The molecule has 0 heterocycles. The fraction of sp³-hybridized carbons (Fsp3) is 0.350. The molecular formula is C40H56. The molecule has 0 aromatic rings. The Morgan fingerprint density at radius 2 is 0.625 bits per heavy atom. The second-order valence-corrected chi connectivity index (χ2v) is 11.1. The Balaban J connectivity index is 4.70. The zero-order valence-corrected chi connectivity index (χ0v) is 27.2. The third-order valence-electron chi connectivity index (χ3n) is 5.93. The van der Waals surface area contributed by atoms with Gasteiger partial charge < -0.3 is 0 Å². The van der Waals surface area contributed by atoms with E-state index in [4.69, 9.17) is 0 Å². The Bertz CT molecular complexity index is 1050. The van der Waals surface area contributed by atoms with Gasteiger partial charge in [-0.1, -0.05) is 154 Å². The lowest BCUT2D eigenvalue weighted by atomic mass is 10.1. The first-order valence-electron chi connectivity index (χ1n) is 14.7. The third-order valence-corrected chi connectivity index (χ3v) is 5.93. The predicted octanol–water partition coefficient (Wildman–Crippen LogP) is 12.9. The zero-order valence-electron chi connectivity index (χ0n) is 27.2. The average Bonchev–Trinajstić information content (AvgIpc) is 2.86. The van der Waals surface area contributed by atoms with Crippen LogP contribution in [0.1, 0.15) is 94.9 Å². The number of allylic oxidation sites excluding steroid dienone is 26. The minimum atomic E-state index is 1.12. The van der Waals surface area contributed by atoms with Crippen molar-refractivity contribution in [1.82, 2.24) is 0 Å². The minimum absolute atomic E-state index is 1.12. The molecule has 0 aliphatic carbocycles. The van der Waals surface area contributed by atoms with Gasteiger partial charge in [-0.05, 0) is 94.9 Å². The predicted molar refractivity (Wildman–Crippen MR) is 186 cm³/mol. The summed E-state index contributed by atoms with van der Waals surface area (Å²) in [4.78, 5) is 0. The highest BCUT2D eigenvalue weighted by molar-refractivity contribution is 5.32. The summed E-state index contributed by atoms with van der Waals surface area (Å²) >= 11 is 0. The molecule has 0 unspecified atom stereocenters. The fourth-order valence-corrected chi connectivity index (χ4v) is 3.41. The maximum atomic E-state index is 2.30. The molecule has 0 radical (unpaired) electrons. The molecule has 0 atom stereocenters. The van der Waals surface area contributed by atoms with E-state index in [1.165, 1.54) is 44.6 Å². The SMILES string of the molecule is CC(C)=CCC\C(C)=C/C=C\C(C)=C\C=C\C(C)=C/C=C/C=C(C)/C=C\C=C(C)/C=C/C=C(\C)CCC=C(C)C. The molecule has 0 aromatic heterocycles. The maximum Gasteiger partial charge on any atom is -0.0285 e. The molecule has 0 aliphatic heterocycles. The monoisotopic (exact) mass is 536 g/mol. The van der Waals surface area contributed by atoms with E-state index in [0.29, 0.717) is 0 Å². The van der Waals surface area contributed by atoms with E-state index in [1.807, 2.05) is 0 Å². The highest BCUT2D eigenvalue weighted by atomic mass is 13.9. The van der Waals surface area contributed by atoms with Crippen LogP contribution in [0.15, 0.2) is 154 Å². The number of hydrogen-bond donors (Lipinski definition) is 0. The Morgan fingerprint density at radius 1 is 0.350 bits per heavy atom. The Hall–Kier alpha value is -3.38. The van der Waals surface area contributed by atoms with Crippen LogP contribution in [0, 0.1) is 0 Å². The Labute approximate surface area is 248 Å². The van der Waals surface area contributed by atoms with Gasteiger partial charge in [0.1, 0.15) is 0 Å². The minimum Gasteiger partial charge on any atom is -0.0856 e. The molecule has 0 rings (SSSR count). The summed E-state index contributed by atoms with van der Waals surface area (Å²) in [7, 11) is 0. The summed E-state index contributed by atoms with van der Waals surface area (Å²) in [6.07, 6.45) is 43.3. The van der Waals surface area contributed by atoms with Crippen molar-refractivity contribution in [2.75, 3.05) is 0 Å². The molecular weight excluding hydrogens is 480 g/mol. The van der Waals surface area contributed by atoms with Crippen LogP contribution in [0.2, 0.25) is 0 Å². The molecule has 216 valence electrons. The van der Waals surface area contributed by atoms with E-state index < -0.39 is 0 Å². The van der Waals surface area contributed by atoms with E-state index in [9.17, 15) is 0 Å². The standard InChI is InChI=1S/C40H56/c1-33(2)19-13-23-37(7)27-17-31-39(9)29-15-25-35(5)21-11-12-22-36(6)26-16-30-40(10)32-18-28-38(8)24-14-20-34(3)4/h11-12,15-22,25-32H,13-14,23-24H2,1-10H3/b12-11+,25-15-,26-16+,31-17+,32-18-,35-21+,36-22-,37-27+,38-28-,39-29-,40-30+. The molecule has 0 fully saturated rings. The van der Waals surface area contributed by atoms with Crippen molar-refractivity contribution < 1.29 is 0 Å². The summed E-state index contributed by atoms with van der Waals surface area (Å²) in [5.41, 5.74) is 10.5. The first kappa shape index (κ1) is 36.6. The summed E-state index contributed by atoms with van der Waals surface area (Å²) in [5, 5.41) is 0. The van der Waals surface area contributed by atoms with Crippen molar-refractivity contribution in [3.8, 4) is 0 Å². The first-order valence-corrected chi connectivity index (χ1v) is 14.7. The van der Waals surface area contributed by atoms with Crippen LogP contribution in [0.3, 0.4) is 0 Å². The van der Waals surface area contributed by atoms with Crippen molar-refractivity contribution in [3.63, 3.8) is 0 Å². The number of rotatable bonds is 16. The van der Waals surface area contributed by atoms with Crippen molar-refractivity contribution in [2.45, 2.75) is 94.9 Å². The van der Waals surface area contributed by atoms with Crippen molar-refractivity contribution in [2.24, 2.45) is 0 Å². The molecule has 0 heteroatoms. The van der Waals surface area contributed by atoms with E-state index in [-0.39, 0.29) is 0 Å². The smallest absolute Gasteiger partial charge is 0.0285 e. The van der Waals surface area contributed by atoms with Gasteiger partial charge in [-0.2, -0.15) is 0 Å². The van der Waals surface area contributed by atoms with Crippen LogP contribution in [0.4, 0.5) is 0 Å². The normalized spacial score (nSPS) is 15.1. The topological polar surface area (TPSA) is 0 Å².